The molecular formula is C45H44N4O. The predicted octanol–water partition coefficient (Wildman–Crippen LogP) is 11.3. The van der Waals surface area contributed by atoms with Gasteiger partial charge in [-0.25, -0.2) is 4.98 Å². The van der Waals surface area contributed by atoms with Gasteiger partial charge < -0.3 is 9.67 Å². The number of phenols is 1. The zero-order valence-corrected chi connectivity index (χ0v) is 30.2. The molecule has 0 fully saturated rings. The lowest BCUT2D eigenvalue weighted by Crippen LogP contribution is -2.17. The molecule has 0 amide bonds. The molecule has 50 heavy (non-hydrogen) atoms. The Bertz CT molecular complexity index is 2360. The number of aryl methyl sites for hydroxylation is 2. The van der Waals surface area contributed by atoms with E-state index in [1.807, 2.05) is 31.6 Å². The number of phenolic OH excluding ortho intramolecular Hbond substituents is 1. The molecule has 5 nitrogen and oxygen atoms in total. The van der Waals surface area contributed by atoms with Crippen LogP contribution in [0.25, 0.3) is 67.2 Å². The zero-order chi connectivity index (χ0) is 35.4. The van der Waals surface area contributed by atoms with E-state index in [2.05, 4.69) is 144 Å². The number of aromatic hydroxyl groups is 1. The molecule has 0 aliphatic rings. The fourth-order valence-corrected chi connectivity index (χ4v) is 6.67. The van der Waals surface area contributed by atoms with Crippen LogP contribution in [0.15, 0.2) is 116 Å². The van der Waals surface area contributed by atoms with Crippen LogP contribution in [-0.4, -0.2) is 24.6 Å². The first-order valence-corrected chi connectivity index (χ1v) is 17.2. The van der Waals surface area contributed by atoms with Crippen molar-refractivity contribution in [3.8, 4) is 61.9 Å². The Morgan fingerprint density at radius 1 is 0.620 bits per heavy atom. The minimum atomic E-state index is -0.243. The van der Waals surface area contributed by atoms with Gasteiger partial charge in [-0.15, -0.1) is 0 Å². The van der Waals surface area contributed by atoms with E-state index in [9.17, 15) is 5.11 Å². The number of nitrogens with zero attached hydrogens (tertiary/aromatic N) is 4. The number of imidazole rings is 1. The second-order valence-electron chi connectivity index (χ2n) is 15.4. The van der Waals surface area contributed by atoms with Crippen molar-refractivity contribution in [2.75, 3.05) is 0 Å². The molecule has 4 aromatic carbocycles. The van der Waals surface area contributed by atoms with E-state index >= 15 is 0 Å². The molecular weight excluding hydrogens is 613 g/mol. The van der Waals surface area contributed by atoms with Crippen LogP contribution in [0.3, 0.4) is 0 Å². The van der Waals surface area contributed by atoms with E-state index < -0.39 is 0 Å². The molecule has 7 aromatic rings. The van der Waals surface area contributed by atoms with E-state index in [-0.39, 0.29) is 16.6 Å². The van der Waals surface area contributed by atoms with Crippen molar-refractivity contribution in [1.82, 2.24) is 19.5 Å². The highest BCUT2D eigenvalue weighted by Crippen LogP contribution is 2.43. The number of pyridine rings is 2. The van der Waals surface area contributed by atoms with Gasteiger partial charge in [0.05, 0.1) is 22.5 Å². The van der Waals surface area contributed by atoms with Gasteiger partial charge in [-0.2, -0.15) is 0 Å². The standard InChI is InChI=1S/C45H44N4O/c1-28-27-47-38(26-35(28)31-19-17-30(18-20-31)29-13-10-9-11-14-29)32-15-12-16-33(23-32)40-41-39(21-22-46-40)49(8)43(48-41)36-24-34(44(2,3)4)25-37(42(36)50)45(5,6)7/h9-27,50H,1-8H3. The Morgan fingerprint density at radius 2 is 1.28 bits per heavy atom. The van der Waals surface area contributed by atoms with E-state index in [0.717, 1.165) is 66.9 Å². The molecule has 0 aliphatic heterocycles. The van der Waals surface area contributed by atoms with Crippen molar-refractivity contribution in [1.29, 1.82) is 0 Å². The van der Waals surface area contributed by atoms with E-state index in [1.54, 1.807) is 0 Å². The molecule has 0 spiro atoms. The summed E-state index contributed by atoms with van der Waals surface area (Å²) in [4.78, 5) is 14.9. The minimum Gasteiger partial charge on any atom is -0.507 e. The predicted molar refractivity (Wildman–Crippen MR) is 207 cm³/mol. The fourth-order valence-electron chi connectivity index (χ4n) is 6.67. The number of rotatable bonds is 5. The van der Waals surface area contributed by atoms with E-state index in [4.69, 9.17) is 15.0 Å². The van der Waals surface area contributed by atoms with Crippen molar-refractivity contribution >= 4 is 11.0 Å². The highest BCUT2D eigenvalue weighted by Gasteiger charge is 2.27. The molecule has 0 atom stereocenters. The summed E-state index contributed by atoms with van der Waals surface area (Å²) in [6.07, 6.45) is 3.79. The molecule has 0 aliphatic carbocycles. The zero-order valence-electron chi connectivity index (χ0n) is 30.2. The summed E-state index contributed by atoms with van der Waals surface area (Å²) in [5.41, 5.74) is 13.7. The summed E-state index contributed by atoms with van der Waals surface area (Å²) < 4.78 is 2.06. The quantitative estimate of drug-likeness (QED) is 0.200. The molecule has 5 heteroatoms. The average molecular weight is 657 g/mol. The lowest BCUT2D eigenvalue weighted by molar-refractivity contribution is 0.446. The SMILES string of the molecule is Cc1cnc(-c2cccc(-c3nccc4c3nc(-c3cc(C(C)(C)C)cc(C(C)(C)C)c3O)n4C)c2)cc1-c1ccc(-c2ccccc2)cc1. The largest absolute Gasteiger partial charge is 0.507 e. The maximum absolute atomic E-state index is 11.7. The minimum absolute atomic E-state index is 0.102. The maximum Gasteiger partial charge on any atom is 0.144 e. The number of fused-ring (bicyclic) bond motifs is 1. The Balaban J connectivity index is 1.29. The monoisotopic (exact) mass is 656 g/mol. The van der Waals surface area contributed by atoms with Gasteiger partial charge in [0, 0.05) is 36.1 Å². The summed E-state index contributed by atoms with van der Waals surface area (Å²) >= 11 is 0. The second kappa shape index (κ2) is 12.4. The number of hydrogen-bond donors (Lipinski definition) is 1. The normalized spacial score (nSPS) is 12.1. The van der Waals surface area contributed by atoms with Crippen LogP contribution in [0.4, 0.5) is 0 Å². The number of aromatic nitrogens is 4. The molecule has 0 saturated carbocycles. The first-order valence-electron chi connectivity index (χ1n) is 17.2. The van der Waals surface area contributed by atoms with E-state index in [0.29, 0.717) is 5.82 Å². The summed E-state index contributed by atoms with van der Waals surface area (Å²) in [5, 5.41) is 11.7. The van der Waals surface area contributed by atoms with Crippen molar-refractivity contribution in [3.05, 3.63) is 132 Å². The number of benzene rings is 4. The highest BCUT2D eigenvalue weighted by atomic mass is 16.3. The topological polar surface area (TPSA) is 63.8 Å². The Labute approximate surface area is 295 Å². The average Bonchev–Trinajstić information content (AvgIpc) is 3.44. The van der Waals surface area contributed by atoms with Crippen LogP contribution in [0, 0.1) is 6.92 Å². The van der Waals surface area contributed by atoms with Crippen molar-refractivity contribution in [3.63, 3.8) is 0 Å². The first-order chi connectivity index (χ1) is 23.8. The molecule has 0 saturated heterocycles. The number of hydrogen-bond acceptors (Lipinski definition) is 4. The lowest BCUT2D eigenvalue weighted by Gasteiger charge is -2.27. The van der Waals surface area contributed by atoms with Gasteiger partial charge in [-0.1, -0.05) is 120 Å². The summed E-state index contributed by atoms with van der Waals surface area (Å²) in [6, 6.07) is 36.0. The molecule has 0 unspecified atom stereocenters. The molecule has 0 bridgehead atoms. The van der Waals surface area contributed by atoms with Gasteiger partial charge in [0.2, 0.25) is 0 Å². The molecule has 250 valence electrons. The third-order valence-electron chi connectivity index (χ3n) is 9.66. The highest BCUT2D eigenvalue weighted by molar-refractivity contribution is 5.93. The maximum atomic E-state index is 11.7. The summed E-state index contributed by atoms with van der Waals surface area (Å²) in [7, 11) is 2.01. The van der Waals surface area contributed by atoms with Crippen molar-refractivity contribution in [2.24, 2.45) is 7.05 Å². The van der Waals surface area contributed by atoms with Gasteiger partial charge in [0.1, 0.15) is 17.1 Å². The molecule has 3 heterocycles. The molecule has 1 N–H and O–H groups in total. The smallest absolute Gasteiger partial charge is 0.144 e. The Kier molecular flexibility index (Phi) is 8.18. The Hall–Kier alpha value is -5.55. The van der Waals surface area contributed by atoms with Crippen LogP contribution in [-0.2, 0) is 17.9 Å². The third-order valence-corrected chi connectivity index (χ3v) is 9.66. The second-order valence-corrected chi connectivity index (χ2v) is 15.4. The van der Waals surface area contributed by atoms with Gasteiger partial charge in [0.25, 0.3) is 0 Å². The van der Waals surface area contributed by atoms with Crippen molar-refractivity contribution < 1.29 is 5.11 Å². The molecule has 7 rings (SSSR count). The molecule has 3 aromatic heterocycles. The third kappa shape index (κ3) is 6.09. The van der Waals surface area contributed by atoms with E-state index in [1.165, 1.54) is 11.1 Å². The summed E-state index contributed by atoms with van der Waals surface area (Å²) in [5.74, 6) is 0.985. The van der Waals surface area contributed by atoms with Crippen LogP contribution in [0.5, 0.6) is 5.75 Å². The van der Waals surface area contributed by atoms with Crippen LogP contribution >= 0.6 is 0 Å². The van der Waals surface area contributed by atoms with Crippen molar-refractivity contribution in [2.45, 2.75) is 59.3 Å². The van der Waals surface area contributed by atoms with Gasteiger partial charge in [-0.3, -0.25) is 9.97 Å². The molecule has 0 radical (unpaired) electrons. The lowest BCUT2D eigenvalue weighted by atomic mass is 9.79. The van der Waals surface area contributed by atoms with Crippen LogP contribution in [0.1, 0.15) is 58.2 Å². The van der Waals surface area contributed by atoms with Gasteiger partial charge in [0.15, 0.2) is 0 Å². The van der Waals surface area contributed by atoms with Crippen LogP contribution < -0.4 is 0 Å². The Morgan fingerprint density at radius 3 is 1.98 bits per heavy atom. The summed E-state index contributed by atoms with van der Waals surface area (Å²) in [6.45, 7) is 15.1. The van der Waals surface area contributed by atoms with Crippen LogP contribution in [0.2, 0.25) is 0 Å². The van der Waals surface area contributed by atoms with Gasteiger partial charge in [-0.05, 0) is 75.4 Å². The van der Waals surface area contributed by atoms with Gasteiger partial charge >= 0.3 is 0 Å². The fraction of sp³-hybridized carbons (Fsp3) is 0.222. The first kappa shape index (κ1) is 33.0.